The van der Waals surface area contributed by atoms with Crippen molar-refractivity contribution in [3.05, 3.63) is 54.9 Å². The molecule has 0 aliphatic carbocycles. The van der Waals surface area contributed by atoms with Gasteiger partial charge in [0.25, 0.3) is 0 Å². The number of benzene rings is 1. The molecule has 2 aromatic heterocycles. The van der Waals surface area contributed by atoms with E-state index in [1.54, 1.807) is 6.20 Å². The summed E-state index contributed by atoms with van der Waals surface area (Å²) in [6.07, 6.45) is 3.69. The number of piperazine rings is 1. The average molecular weight is 391 g/mol. The zero-order valence-corrected chi connectivity index (χ0v) is 16.7. The molecule has 3 heterocycles. The van der Waals surface area contributed by atoms with Gasteiger partial charge < -0.3 is 19.9 Å². The molecule has 0 bridgehead atoms. The SMILES string of the molecule is CC(C)Oc1ccc(Nc2nncc(N3CCN(c4ccccn4)CC3)n2)cc1. The van der Waals surface area contributed by atoms with Gasteiger partial charge in [-0.3, -0.25) is 0 Å². The Morgan fingerprint density at radius 3 is 2.31 bits per heavy atom. The molecule has 1 aromatic carbocycles. The summed E-state index contributed by atoms with van der Waals surface area (Å²) < 4.78 is 5.67. The fourth-order valence-corrected chi connectivity index (χ4v) is 3.22. The number of nitrogens with one attached hydrogen (secondary N) is 1. The van der Waals surface area contributed by atoms with Gasteiger partial charge in [-0.25, -0.2) is 4.98 Å². The van der Waals surface area contributed by atoms with E-state index in [1.807, 2.05) is 62.5 Å². The van der Waals surface area contributed by atoms with Crippen molar-refractivity contribution < 1.29 is 4.74 Å². The number of aromatic nitrogens is 4. The van der Waals surface area contributed by atoms with E-state index < -0.39 is 0 Å². The van der Waals surface area contributed by atoms with Crippen molar-refractivity contribution >= 4 is 23.3 Å². The molecule has 0 spiro atoms. The third-order valence-electron chi connectivity index (χ3n) is 4.61. The van der Waals surface area contributed by atoms with Crippen molar-refractivity contribution in [3.8, 4) is 5.75 Å². The molecule has 3 aromatic rings. The van der Waals surface area contributed by atoms with Crippen LogP contribution in [0.15, 0.2) is 54.9 Å². The van der Waals surface area contributed by atoms with Crippen molar-refractivity contribution in [1.82, 2.24) is 20.2 Å². The Balaban J connectivity index is 1.38. The van der Waals surface area contributed by atoms with Crippen LogP contribution >= 0.6 is 0 Å². The first-order valence-corrected chi connectivity index (χ1v) is 9.82. The zero-order chi connectivity index (χ0) is 20.1. The highest BCUT2D eigenvalue weighted by molar-refractivity contribution is 5.56. The Kier molecular flexibility index (Phi) is 5.69. The van der Waals surface area contributed by atoms with E-state index >= 15 is 0 Å². The van der Waals surface area contributed by atoms with Gasteiger partial charge in [0, 0.05) is 38.1 Å². The van der Waals surface area contributed by atoms with Crippen LogP contribution < -0.4 is 19.9 Å². The van der Waals surface area contributed by atoms with E-state index in [0.29, 0.717) is 5.95 Å². The van der Waals surface area contributed by atoms with Gasteiger partial charge in [-0.15, -0.1) is 5.10 Å². The maximum Gasteiger partial charge on any atom is 0.249 e. The molecule has 8 heteroatoms. The molecule has 4 rings (SSSR count). The third-order valence-corrected chi connectivity index (χ3v) is 4.61. The van der Waals surface area contributed by atoms with Crippen LogP contribution in [-0.2, 0) is 0 Å². The fraction of sp³-hybridized carbons (Fsp3) is 0.333. The lowest BCUT2D eigenvalue weighted by Gasteiger charge is -2.35. The summed E-state index contributed by atoms with van der Waals surface area (Å²) in [5.41, 5.74) is 0.889. The Bertz CT molecular complexity index is 910. The second kappa shape index (κ2) is 8.72. The van der Waals surface area contributed by atoms with Crippen LogP contribution in [0.4, 0.5) is 23.3 Å². The highest BCUT2D eigenvalue weighted by atomic mass is 16.5. The van der Waals surface area contributed by atoms with E-state index in [-0.39, 0.29) is 6.10 Å². The molecule has 8 nitrogen and oxygen atoms in total. The molecular weight excluding hydrogens is 366 g/mol. The summed E-state index contributed by atoms with van der Waals surface area (Å²) in [6.45, 7) is 7.51. The Morgan fingerprint density at radius 1 is 0.931 bits per heavy atom. The van der Waals surface area contributed by atoms with E-state index in [0.717, 1.165) is 49.3 Å². The Morgan fingerprint density at radius 2 is 1.66 bits per heavy atom. The van der Waals surface area contributed by atoms with Crippen molar-refractivity contribution in [1.29, 1.82) is 0 Å². The van der Waals surface area contributed by atoms with Gasteiger partial charge in [0.05, 0.1) is 12.3 Å². The summed E-state index contributed by atoms with van der Waals surface area (Å²) in [6, 6.07) is 13.7. The summed E-state index contributed by atoms with van der Waals surface area (Å²) in [4.78, 5) is 13.6. The summed E-state index contributed by atoms with van der Waals surface area (Å²) in [7, 11) is 0. The van der Waals surface area contributed by atoms with Gasteiger partial charge in [0.1, 0.15) is 11.6 Å². The van der Waals surface area contributed by atoms with Crippen LogP contribution in [0, 0.1) is 0 Å². The van der Waals surface area contributed by atoms with Crippen LogP contribution in [0.25, 0.3) is 0 Å². The topological polar surface area (TPSA) is 79.3 Å². The number of anilines is 4. The summed E-state index contributed by atoms with van der Waals surface area (Å²) in [5, 5.41) is 11.4. The number of ether oxygens (including phenoxy) is 1. The second-order valence-electron chi connectivity index (χ2n) is 7.12. The van der Waals surface area contributed by atoms with Gasteiger partial charge in [-0.05, 0) is 50.2 Å². The number of rotatable bonds is 6. The molecule has 1 fully saturated rings. The van der Waals surface area contributed by atoms with Crippen LogP contribution in [0.5, 0.6) is 5.75 Å². The standard InChI is InChI=1S/C21H25N7O/c1-16(2)29-18-8-6-17(7-9-18)24-21-25-20(15-23-26-21)28-13-11-27(12-14-28)19-5-3-4-10-22-19/h3-10,15-16H,11-14H2,1-2H3,(H,24,25,26). The molecule has 0 amide bonds. The molecule has 150 valence electrons. The zero-order valence-electron chi connectivity index (χ0n) is 16.7. The first-order valence-electron chi connectivity index (χ1n) is 9.82. The highest BCUT2D eigenvalue weighted by Crippen LogP contribution is 2.21. The molecule has 1 aliphatic heterocycles. The smallest absolute Gasteiger partial charge is 0.249 e. The minimum Gasteiger partial charge on any atom is -0.491 e. The van der Waals surface area contributed by atoms with Crippen LogP contribution in [0.1, 0.15) is 13.8 Å². The van der Waals surface area contributed by atoms with Crippen molar-refractivity contribution in [2.45, 2.75) is 20.0 Å². The van der Waals surface area contributed by atoms with Crippen molar-refractivity contribution in [2.24, 2.45) is 0 Å². The number of pyridine rings is 1. The molecule has 0 unspecified atom stereocenters. The van der Waals surface area contributed by atoms with Gasteiger partial charge in [-0.2, -0.15) is 10.1 Å². The van der Waals surface area contributed by atoms with Gasteiger partial charge in [-0.1, -0.05) is 6.07 Å². The first kappa shape index (κ1) is 18.9. The van der Waals surface area contributed by atoms with E-state index in [1.165, 1.54) is 0 Å². The van der Waals surface area contributed by atoms with E-state index in [4.69, 9.17) is 4.74 Å². The molecule has 1 aliphatic rings. The quantitative estimate of drug-likeness (QED) is 0.687. The van der Waals surface area contributed by atoms with E-state index in [9.17, 15) is 0 Å². The molecule has 1 saturated heterocycles. The minimum absolute atomic E-state index is 0.149. The maximum absolute atomic E-state index is 5.67. The first-order chi connectivity index (χ1) is 14.2. The summed E-state index contributed by atoms with van der Waals surface area (Å²) in [5.74, 6) is 3.15. The van der Waals surface area contributed by atoms with Crippen molar-refractivity contribution in [3.63, 3.8) is 0 Å². The van der Waals surface area contributed by atoms with Gasteiger partial charge in [0.2, 0.25) is 5.95 Å². The normalized spacial score (nSPS) is 14.2. The lowest BCUT2D eigenvalue weighted by molar-refractivity contribution is 0.242. The molecule has 1 N–H and O–H groups in total. The minimum atomic E-state index is 0.149. The maximum atomic E-state index is 5.67. The number of nitrogens with zero attached hydrogens (tertiary/aromatic N) is 6. The highest BCUT2D eigenvalue weighted by Gasteiger charge is 2.19. The monoisotopic (exact) mass is 391 g/mol. The average Bonchev–Trinajstić information content (AvgIpc) is 2.76. The third kappa shape index (κ3) is 4.90. The number of hydrogen-bond donors (Lipinski definition) is 1. The molecular formula is C21H25N7O. The Hall–Kier alpha value is -3.42. The van der Waals surface area contributed by atoms with Gasteiger partial charge >= 0.3 is 0 Å². The van der Waals surface area contributed by atoms with Gasteiger partial charge in [0.15, 0.2) is 5.82 Å². The molecule has 0 atom stereocenters. The van der Waals surface area contributed by atoms with Crippen LogP contribution in [0.2, 0.25) is 0 Å². The van der Waals surface area contributed by atoms with Crippen LogP contribution in [0.3, 0.4) is 0 Å². The summed E-state index contributed by atoms with van der Waals surface area (Å²) >= 11 is 0. The second-order valence-corrected chi connectivity index (χ2v) is 7.12. The van der Waals surface area contributed by atoms with Crippen molar-refractivity contribution in [2.75, 3.05) is 41.3 Å². The lowest BCUT2D eigenvalue weighted by Crippen LogP contribution is -2.47. The molecule has 0 radical (unpaired) electrons. The largest absolute Gasteiger partial charge is 0.491 e. The lowest BCUT2D eigenvalue weighted by atomic mass is 10.3. The predicted molar refractivity (Wildman–Crippen MR) is 114 cm³/mol. The fourth-order valence-electron chi connectivity index (χ4n) is 3.22. The molecule has 0 saturated carbocycles. The predicted octanol–water partition coefficient (Wildman–Crippen LogP) is 3.12. The van der Waals surface area contributed by atoms with E-state index in [2.05, 4.69) is 35.3 Å². The number of hydrogen-bond acceptors (Lipinski definition) is 8. The molecule has 29 heavy (non-hydrogen) atoms. The Labute approximate surface area is 170 Å². The van der Waals surface area contributed by atoms with Crippen LogP contribution in [-0.4, -0.2) is 52.4 Å².